The SMILES string of the molecule is CCNC(=NCC(CO)c1ccccc1)NCCCNC(=O)c1cccs1.I. The number of nitrogens with zero attached hydrogens (tertiary/aromatic N) is 1. The summed E-state index contributed by atoms with van der Waals surface area (Å²) in [6.07, 6.45) is 0.795. The molecule has 0 aliphatic rings. The number of carbonyl (C=O) groups excluding carboxylic acids is 1. The molecule has 1 heterocycles. The number of halogens is 1. The maximum Gasteiger partial charge on any atom is 0.261 e. The van der Waals surface area contributed by atoms with Crippen LogP contribution in [0.1, 0.15) is 34.5 Å². The second kappa shape index (κ2) is 14.4. The molecule has 28 heavy (non-hydrogen) atoms. The Morgan fingerprint density at radius 3 is 2.50 bits per heavy atom. The molecule has 1 amide bonds. The number of thiophene rings is 1. The minimum absolute atomic E-state index is 0. The highest BCUT2D eigenvalue weighted by Crippen LogP contribution is 2.14. The number of hydrogen-bond acceptors (Lipinski definition) is 4. The maximum atomic E-state index is 11.9. The molecule has 1 aromatic heterocycles. The molecule has 0 aliphatic heterocycles. The van der Waals surface area contributed by atoms with Crippen LogP contribution in [0.5, 0.6) is 0 Å². The van der Waals surface area contributed by atoms with Crippen molar-refractivity contribution < 1.29 is 9.90 Å². The lowest BCUT2D eigenvalue weighted by atomic mass is 10.0. The third kappa shape index (κ3) is 8.57. The maximum absolute atomic E-state index is 11.9. The predicted molar refractivity (Wildman–Crippen MR) is 127 cm³/mol. The Labute approximate surface area is 187 Å². The van der Waals surface area contributed by atoms with Crippen molar-refractivity contribution in [3.63, 3.8) is 0 Å². The van der Waals surface area contributed by atoms with Gasteiger partial charge in [-0.15, -0.1) is 35.3 Å². The van der Waals surface area contributed by atoms with Crippen LogP contribution in [0.25, 0.3) is 0 Å². The van der Waals surface area contributed by atoms with Gasteiger partial charge in [-0.3, -0.25) is 9.79 Å². The monoisotopic (exact) mass is 516 g/mol. The fourth-order valence-electron chi connectivity index (χ4n) is 2.53. The average molecular weight is 516 g/mol. The van der Waals surface area contributed by atoms with Gasteiger partial charge in [0.1, 0.15) is 0 Å². The van der Waals surface area contributed by atoms with E-state index in [1.54, 1.807) is 0 Å². The number of benzene rings is 1. The number of aliphatic imine (C=N–C) groups is 1. The zero-order chi connectivity index (χ0) is 19.3. The zero-order valence-electron chi connectivity index (χ0n) is 16.1. The highest BCUT2D eigenvalue weighted by molar-refractivity contribution is 14.0. The van der Waals surface area contributed by atoms with Crippen LogP contribution in [-0.4, -0.2) is 49.8 Å². The van der Waals surface area contributed by atoms with E-state index in [9.17, 15) is 9.90 Å². The first kappa shape index (κ1) is 24.4. The van der Waals surface area contributed by atoms with Crippen molar-refractivity contribution in [1.29, 1.82) is 0 Å². The zero-order valence-corrected chi connectivity index (χ0v) is 19.2. The lowest BCUT2D eigenvalue weighted by Gasteiger charge is -2.15. The summed E-state index contributed by atoms with van der Waals surface area (Å²) < 4.78 is 0. The Kier molecular flexibility index (Phi) is 12.5. The highest BCUT2D eigenvalue weighted by Gasteiger charge is 2.10. The van der Waals surface area contributed by atoms with Gasteiger partial charge < -0.3 is 21.1 Å². The van der Waals surface area contributed by atoms with Gasteiger partial charge in [0, 0.05) is 25.6 Å². The first-order valence-electron chi connectivity index (χ1n) is 9.24. The molecule has 1 atom stereocenters. The number of carbonyl (C=O) groups is 1. The van der Waals surface area contributed by atoms with Crippen LogP contribution >= 0.6 is 35.3 Å². The smallest absolute Gasteiger partial charge is 0.261 e. The van der Waals surface area contributed by atoms with Gasteiger partial charge in [0.05, 0.1) is 18.0 Å². The largest absolute Gasteiger partial charge is 0.396 e. The standard InChI is InChI=1S/C20H28N4O2S.HI/c1-2-21-20(24-14-17(15-25)16-8-4-3-5-9-16)23-12-7-11-22-19(26)18-10-6-13-27-18;/h3-6,8-10,13,17,25H,2,7,11-12,14-15H2,1H3,(H,22,26)(H2,21,23,24);1H. The van der Waals surface area contributed by atoms with E-state index < -0.39 is 0 Å². The van der Waals surface area contributed by atoms with Crippen LogP contribution in [0.2, 0.25) is 0 Å². The number of nitrogens with one attached hydrogen (secondary N) is 3. The summed E-state index contributed by atoms with van der Waals surface area (Å²) in [4.78, 5) is 17.2. The number of aliphatic hydroxyl groups excluding tert-OH is 1. The van der Waals surface area contributed by atoms with Crippen molar-refractivity contribution in [3.8, 4) is 0 Å². The van der Waals surface area contributed by atoms with Crippen molar-refractivity contribution >= 4 is 47.2 Å². The van der Waals surface area contributed by atoms with Gasteiger partial charge in [-0.2, -0.15) is 0 Å². The minimum Gasteiger partial charge on any atom is -0.396 e. The number of guanidine groups is 1. The Bertz CT molecular complexity index is 695. The summed E-state index contributed by atoms with van der Waals surface area (Å²) in [5, 5.41) is 20.9. The lowest BCUT2D eigenvalue weighted by Crippen LogP contribution is -2.39. The summed E-state index contributed by atoms with van der Waals surface area (Å²) in [7, 11) is 0. The van der Waals surface area contributed by atoms with Gasteiger partial charge in [-0.1, -0.05) is 36.4 Å². The van der Waals surface area contributed by atoms with Crippen LogP contribution in [0, 0.1) is 0 Å². The van der Waals surface area contributed by atoms with Crippen LogP contribution in [-0.2, 0) is 0 Å². The van der Waals surface area contributed by atoms with Crippen LogP contribution in [0.3, 0.4) is 0 Å². The molecule has 0 saturated carbocycles. The van der Waals surface area contributed by atoms with Crippen LogP contribution < -0.4 is 16.0 Å². The third-order valence-electron chi connectivity index (χ3n) is 3.98. The van der Waals surface area contributed by atoms with E-state index >= 15 is 0 Å². The first-order chi connectivity index (χ1) is 13.2. The van der Waals surface area contributed by atoms with Gasteiger partial charge in [0.15, 0.2) is 5.96 Å². The molecule has 0 fully saturated rings. The topological polar surface area (TPSA) is 85.8 Å². The molecule has 0 aliphatic carbocycles. The third-order valence-corrected chi connectivity index (χ3v) is 4.85. The molecule has 2 rings (SSSR count). The van der Waals surface area contributed by atoms with Crippen molar-refractivity contribution in [3.05, 3.63) is 58.3 Å². The van der Waals surface area contributed by atoms with E-state index in [1.807, 2.05) is 54.8 Å². The average Bonchev–Trinajstić information content (AvgIpc) is 3.23. The molecule has 6 nitrogen and oxygen atoms in total. The van der Waals surface area contributed by atoms with Crippen LogP contribution in [0.15, 0.2) is 52.8 Å². The quantitative estimate of drug-likeness (QED) is 0.169. The molecule has 0 radical (unpaired) electrons. The van der Waals surface area contributed by atoms with Crippen molar-refractivity contribution in [2.24, 2.45) is 4.99 Å². The Morgan fingerprint density at radius 2 is 1.86 bits per heavy atom. The van der Waals surface area contributed by atoms with E-state index in [1.165, 1.54) is 11.3 Å². The first-order valence-corrected chi connectivity index (χ1v) is 10.1. The fourth-order valence-corrected chi connectivity index (χ4v) is 3.17. The number of aliphatic hydroxyl groups is 1. The molecular formula is C20H29IN4O2S. The summed E-state index contributed by atoms with van der Waals surface area (Å²) >= 11 is 1.44. The Morgan fingerprint density at radius 1 is 1.11 bits per heavy atom. The second-order valence-corrected chi connectivity index (χ2v) is 6.97. The van der Waals surface area contributed by atoms with E-state index in [0.29, 0.717) is 19.6 Å². The molecule has 1 unspecified atom stereocenters. The summed E-state index contributed by atoms with van der Waals surface area (Å²) in [5.74, 6) is 0.669. The summed E-state index contributed by atoms with van der Waals surface area (Å²) in [6, 6.07) is 13.6. The molecule has 0 bridgehead atoms. The van der Waals surface area contributed by atoms with E-state index in [2.05, 4.69) is 20.9 Å². The molecule has 2 aromatic rings. The number of amides is 1. The molecule has 154 valence electrons. The molecule has 0 spiro atoms. The van der Waals surface area contributed by atoms with E-state index in [0.717, 1.165) is 29.4 Å². The van der Waals surface area contributed by atoms with Gasteiger partial charge in [0.2, 0.25) is 0 Å². The van der Waals surface area contributed by atoms with Crippen molar-refractivity contribution in [2.75, 3.05) is 32.8 Å². The lowest BCUT2D eigenvalue weighted by molar-refractivity contribution is 0.0957. The molecule has 8 heteroatoms. The molecule has 4 N–H and O–H groups in total. The minimum atomic E-state index is -0.0285. The second-order valence-electron chi connectivity index (χ2n) is 6.02. The van der Waals surface area contributed by atoms with Gasteiger partial charge in [-0.25, -0.2) is 0 Å². The number of hydrogen-bond donors (Lipinski definition) is 4. The summed E-state index contributed by atoms with van der Waals surface area (Å²) in [6.45, 7) is 4.64. The highest BCUT2D eigenvalue weighted by atomic mass is 127. The Hall–Kier alpha value is -1.65. The predicted octanol–water partition coefficient (Wildman–Crippen LogP) is 2.82. The molecule has 0 saturated heterocycles. The summed E-state index contributed by atoms with van der Waals surface area (Å²) in [5.41, 5.74) is 1.08. The van der Waals surface area contributed by atoms with Crippen LogP contribution in [0.4, 0.5) is 0 Å². The molecule has 1 aromatic carbocycles. The van der Waals surface area contributed by atoms with Crippen molar-refractivity contribution in [2.45, 2.75) is 19.3 Å². The van der Waals surface area contributed by atoms with E-state index in [4.69, 9.17) is 0 Å². The molecular weight excluding hydrogens is 487 g/mol. The Balaban J connectivity index is 0.00000392. The normalized spacial score (nSPS) is 12.0. The van der Waals surface area contributed by atoms with E-state index in [-0.39, 0.29) is 42.4 Å². The fraction of sp³-hybridized carbons (Fsp3) is 0.400. The number of rotatable bonds is 10. The van der Waals surface area contributed by atoms with Gasteiger partial charge in [0.25, 0.3) is 5.91 Å². The van der Waals surface area contributed by atoms with Gasteiger partial charge in [-0.05, 0) is 30.4 Å². The van der Waals surface area contributed by atoms with Crippen molar-refractivity contribution in [1.82, 2.24) is 16.0 Å². The van der Waals surface area contributed by atoms with Gasteiger partial charge >= 0.3 is 0 Å².